The Morgan fingerprint density at radius 1 is 1.30 bits per heavy atom. The highest BCUT2D eigenvalue weighted by atomic mass is 32.2. The van der Waals surface area contributed by atoms with Gasteiger partial charge in [0, 0.05) is 36.2 Å². The van der Waals surface area contributed by atoms with Gasteiger partial charge in [-0.3, -0.25) is 4.90 Å². The molecule has 0 amide bonds. The van der Waals surface area contributed by atoms with Gasteiger partial charge in [0.1, 0.15) is 0 Å². The molecule has 0 aromatic rings. The highest BCUT2D eigenvalue weighted by molar-refractivity contribution is 7.99. The van der Waals surface area contributed by atoms with Gasteiger partial charge in [-0.1, -0.05) is 27.2 Å². The Bertz CT molecular complexity index is 308. The minimum absolute atomic E-state index is 0.306. The van der Waals surface area contributed by atoms with Gasteiger partial charge in [-0.15, -0.1) is 0 Å². The van der Waals surface area contributed by atoms with Gasteiger partial charge in [-0.25, -0.2) is 0 Å². The summed E-state index contributed by atoms with van der Waals surface area (Å²) in [6.07, 6.45) is 6.66. The van der Waals surface area contributed by atoms with Crippen LogP contribution in [0.15, 0.2) is 0 Å². The van der Waals surface area contributed by atoms with E-state index in [1.807, 2.05) is 0 Å². The lowest BCUT2D eigenvalue weighted by Crippen LogP contribution is -2.61. The lowest BCUT2D eigenvalue weighted by atomic mass is 9.65. The van der Waals surface area contributed by atoms with E-state index >= 15 is 0 Å². The first kappa shape index (κ1) is 16.6. The predicted molar refractivity (Wildman–Crippen MR) is 91.3 cm³/mol. The van der Waals surface area contributed by atoms with Crippen LogP contribution in [0.3, 0.4) is 0 Å². The third-order valence-corrected chi connectivity index (χ3v) is 7.48. The zero-order valence-electron chi connectivity index (χ0n) is 14.0. The topological polar surface area (TPSA) is 29.3 Å². The molecule has 2 rings (SSSR count). The summed E-state index contributed by atoms with van der Waals surface area (Å²) in [5, 5.41) is 0. The van der Waals surface area contributed by atoms with Crippen LogP contribution >= 0.6 is 11.8 Å². The van der Waals surface area contributed by atoms with Gasteiger partial charge in [0.25, 0.3) is 0 Å². The molecule has 1 atom stereocenters. The first-order valence-electron chi connectivity index (χ1n) is 8.50. The van der Waals surface area contributed by atoms with Crippen molar-refractivity contribution in [2.75, 3.05) is 24.6 Å². The lowest BCUT2D eigenvalue weighted by molar-refractivity contribution is 0.00113. The molecule has 1 aliphatic carbocycles. The van der Waals surface area contributed by atoms with Crippen molar-refractivity contribution in [3.8, 4) is 0 Å². The fourth-order valence-corrected chi connectivity index (χ4v) is 5.28. The average molecular weight is 299 g/mol. The van der Waals surface area contributed by atoms with Crippen molar-refractivity contribution >= 4 is 11.8 Å². The maximum absolute atomic E-state index is 6.27. The molecule has 2 aliphatic rings. The zero-order chi connectivity index (χ0) is 14.8. The van der Waals surface area contributed by atoms with Crippen LogP contribution in [0.2, 0.25) is 0 Å². The highest BCUT2D eigenvalue weighted by Crippen LogP contribution is 2.46. The third kappa shape index (κ3) is 3.20. The van der Waals surface area contributed by atoms with Crippen molar-refractivity contribution in [1.82, 2.24) is 4.90 Å². The molecule has 2 nitrogen and oxygen atoms in total. The molecule has 1 unspecified atom stereocenters. The van der Waals surface area contributed by atoms with Crippen molar-refractivity contribution < 1.29 is 0 Å². The van der Waals surface area contributed by atoms with Crippen LogP contribution in [0.5, 0.6) is 0 Å². The quantitative estimate of drug-likeness (QED) is 0.857. The second-order valence-corrected chi connectivity index (χ2v) is 8.81. The molecule has 3 heteroatoms. The van der Waals surface area contributed by atoms with Crippen LogP contribution in [0.25, 0.3) is 0 Å². The van der Waals surface area contributed by atoms with Gasteiger partial charge in [-0.05, 0) is 43.9 Å². The SMILES string of the molecule is CCC(C)(C)C1CCC(CN)(N2CCSCC2C)CC1. The summed E-state index contributed by atoms with van der Waals surface area (Å²) in [6.45, 7) is 11.7. The summed E-state index contributed by atoms with van der Waals surface area (Å²) in [6, 6.07) is 0.702. The number of thioether (sulfide) groups is 1. The number of rotatable bonds is 4. The largest absolute Gasteiger partial charge is 0.329 e. The fourth-order valence-electron chi connectivity index (χ4n) is 4.27. The molecule has 0 aromatic carbocycles. The number of nitrogens with two attached hydrogens (primary N) is 1. The first-order chi connectivity index (χ1) is 9.45. The lowest BCUT2D eigenvalue weighted by Gasteiger charge is -2.53. The van der Waals surface area contributed by atoms with Gasteiger partial charge in [-0.2, -0.15) is 11.8 Å². The van der Waals surface area contributed by atoms with Crippen LogP contribution < -0.4 is 5.73 Å². The van der Waals surface area contributed by atoms with E-state index in [1.165, 1.54) is 50.2 Å². The van der Waals surface area contributed by atoms with Crippen molar-refractivity contribution in [1.29, 1.82) is 0 Å². The standard InChI is InChI=1S/C17H34N2S/c1-5-16(3,4)15-6-8-17(13-18,9-7-15)19-10-11-20-12-14(19)2/h14-15H,5-13,18H2,1-4H3. The fraction of sp³-hybridized carbons (Fsp3) is 1.00. The summed E-state index contributed by atoms with van der Waals surface area (Å²) >= 11 is 2.11. The molecule has 1 saturated carbocycles. The summed E-state index contributed by atoms with van der Waals surface area (Å²) in [5.41, 5.74) is 7.08. The molecule has 1 saturated heterocycles. The Balaban J connectivity index is 2.04. The average Bonchev–Trinajstić information content (AvgIpc) is 2.48. The van der Waals surface area contributed by atoms with Crippen LogP contribution in [0.1, 0.15) is 59.8 Å². The van der Waals surface area contributed by atoms with Gasteiger partial charge >= 0.3 is 0 Å². The molecule has 118 valence electrons. The summed E-state index contributed by atoms with van der Waals surface area (Å²) < 4.78 is 0. The molecule has 0 radical (unpaired) electrons. The predicted octanol–water partition coefficient (Wildman–Crippen LogP) is 3.75. The zero-order valence-corrected chi connectivity index (χ0v) is 14.8. The Morgan fingerprint density at radius 3 is 2.45 bits per heavy atom. The van der Waals surface area contributed by atoms with Crippen LogP contribution in [0, 0.1) is 11.3 Å². The summed E-state index contributed by atoms with van der Waals surface area (Å²) in [7, 11) is 0. The molecular weight excluding hydrogens is 264 g/mol. The van der Waals surface area contributed by atoms with E-state index in [1.54, 1.807) is 0 Å². The molecule has 1 aliphatic heterocycles. The van der Waals surface area contributed by atoms with Gasteiger partial charge < -0.3 is 5.73 Å². The van der Waals surface area contributed by atoms with E-state index in [0.29, 0.717) is 17.0 Å². The van der Waals surface area contributed by atoms with Crippen LogP contribution in [-0.2, 0) is 0 Å². The Labute approximate surface area is 130 Å². The molecule has 2 N–H and O–H groups in total. The van der Waals surface area contributed by atoms with E-state index in [2.05, 4.69) is 44.4 Å². The van der Waals surface area contributed by atoms with Crippen LogP contribution in [-0.4, -0.2) is 41.1 Å². The maximum atomic E-state index is 6.27. The Hall–Kier alpha value is 0.270. The van der Waals surface area contributed by atoms with E-state index in [9.17, 15) is 0 Å². The third-order valence-electron chi connectivity index (χ3n) is 6.29. The number of hydrogen-bond donors (Lipinski definition) is 1. The van der Waals surface area contributed by atoms with Crippen molar-refractivity contribution in [3.63, 3.8) is 0 Å². The van der Waals surface area contributed by atoms with Gasteiger partial charge in [0.2, 0.25) is 0 Å². The Kier molecular flexibility index (Phi) is 5.47. The van der Waals surface area contributed by atoms with Gasteiger partial charge in [0.15, 0.2) is 0 Å². The smallest absolute Gasteiger partial charge is 0.0335 e. The number of hydrogen-bond acceptors (Lipinski definition) is 3. The number of nitrogens with zero attached hydrogens (tertiary/aromatic N) is 1. The molecule has 1 heterocycles. The minimum atomic E-state index is 0.306. The molecular formula is C17H34N2S. The van der Waals surface area contributed by atoms with E-state index < -0.39 is 0 Å². The monoisotopic (exact) mass is 298 g/mol. The highest BCUT2D eigenvalue weighted by Gasteiger charge is 2.44. The minimum Gasteiger partial charge on any atom is -0.329 e. The van der Waals surface area contributed by atoms with Crippen molar-refractivity contribution in [3.05, 3.63) is 0 Å². The summed E-state index contributed by atoms with van der Waals surface area (Å²) in [4.78, 5) is 2.76. The van der Waals surface area contributed by atoms with Crippen molar-refractivity contribution in [2.45, 2.75) is 71.4 Å². The maximum Gasteiger partial charge on any atom is 0.0335 e. The normalized spacial score (nSPS) is 37.0. The van der Waals surface area contributed by atoms with Crippen LogP contribution in [0.4, 0.5) is 0 Å². The summed E-state index contributed by atoms with van der Waals surface area (Å²) in [5.74, 6) is 3.46. The molecule has 0 spiro atoms. The van der Waals surface area contributed by atoms with E-state index in [4.69, 9.17) is 5.73 Å². The second kappa shape index (κ2) is 6.58. The molecule has 0 bridgehead atoms. The van der Waals surface area contributed by atoms with E-state index in [0.717, 1.165) is 12.5 Å². The first-order valence-corrected chi connectivity index (χ1v) is 9.65. The van der Waals surface area contributed by atoms with Gasteiger partial charge in [0.05, 0.1) is 0 Å². The second-order valence-electron chi connectivity index (χ2n) is 7.66. The molecule has 2 fully saturated rings. The van der Waals surface area contributed by atoms with Crippen molar-refractivity contribution in [2.24, 2.45) is 17.1 Å². The van der Waals surface area contributed by atoms with E-state index in [-0.39, 0.29) is 0 Å². The molecule has 20 heavy (non-hydrogen) atoms. The molecule has 0 aromatic heterocycles. The Morgan fingerprint density at radius 2 is 1.95 bits per heavy atom.